The average molecular weight is 483 g/mol. The molecule has 33 heavy (non-hydrogen) atoms. The van der Waals surface area contributed by atoms with E-state index < -0.39 is 0 Å². The molecule has 0 aliphatic rings. The van der Waals surface area contributed by atoms with Gasteiger partial charge >= 0.3 is 5.97 Å². The first-order valence-electron chi connectivity index (χ1n) is 10.1. The van der Waals surface area contributed by atoms with Gasteiger partial charge in [-0.25, -0.2) is 4.79 Å². The Hall–Kier alpha value is -3.37. The van der Waals surface area contributed by atoms with Crippen LogP contribution in [0.3, 0.4) is 0 Å². The smallest absolute Gasteiger partial charge is 0.337 e. The van der Waals surface area contributed by atoms with Gasteiger partial charge in [-0.2, -0.15) is 0 Å². The summed E-state index contributed by atoms with van der Waals surface area (Å²) in [5.41, 5.74) is 3.80. The number of methoxy groups -OCH3 is 1. The predicted octanol–water partition coefficient (Wildman–Crippen LogP) is 4.91. The van der Waals surface area contributed by atoms with Gasteiger partial charge < -0.3 is 19.0 Å². The van der Waals surface area contributed by atoms with E-state index in [9.17, 15) is 9.59 Å². The highest BCUT2D eigenvalue weighted by molar-refractivity contribution is 8.01. The molecule has 0 saturated heterocycles. The number of esters is 1. The Morgan fingerprint density at radius 2 is 1.97 bits per heavy atom. The Balaban J connectivity index is 1.40. The Kier molecular flexibility index (Phi) is 6.95. The van der Waals surface area contributed by atoms with Crippen LogP contribution in [0.15, 0.2) is 57.5 Å². The highest BCUT2D eigenvalue weighted by atomic mass is 32.2. The number of hydrogen-bond acceptors (Lipinski definition) is 9. The molecule has 0 amide bonds. The molecule has 0 spiro atoms. The minimum absolute atomic E-state index is 0.0193. The summed E-state index contributed by atoms with van der Waals surface area (Å²) in [4.78, 5) is 24.6. The van der Waals surface area contributed by atoms with Crippen LogP contribution in [0.5, 0.6) is 0 Å². The van der Waals surface area contributed by atoms with Gasteiger partial charge in [0.1, 0.15) is 5.76 Å². The number of furan rings is 1. The van der Waals surface area contributed by atoms with Crippen LogP contribution >= 0.6 is 23.1 Å². The predicted molar refractivity (Wildman–Crippen MR) is 128 cm³/mol. The highest BCUT2D eigenvalue weighted by Gasteiger charge is 2.18. The van der Waals surface area contributed by atoms with Crippen molar-refractivity contribution in [1.29, 1.82) is 0 Å². The maximum Gasteiger partial charge on any atom is 0.337 e. The van der Waals surface area contributed by atoms with Gasteiger partial charge in [0.05, 0.1) is 31.2 Å². The molecule has 0 aliphatic carbocycles. The van der Waals surface area contributed by atoms with Crippen molar-refractivity contribution < 1.29 is 18.7 Å². The molecule has 170 valence electrons. The molecule has 1 aromatic carbocycles. The summed E-state index contributed by atoms with van der Waals surface area (Å²) in [6.45, 7) is 4.39. The van der Waals surface area contributed by atoms with Gasteiger partial charge in [-0.1, -0.05) is 23.1 Å². The van der Waals surface area contributed by atoms with Crippen LogP contribution in [0.1, 0.15) is 37.9 Å². The summed E-state index contributed by atoms with van der Waals surface area (Å²) in [5, 5.41) is 12.1. The molecule has 8 nitrogen and oxygen atoms in total. The number of carbonyl (C=O) groups is 2. The summed E-state index contributed by atoms with van der Waals surface area (Å²) in [6.07, 6.45) is 1.62. The molecule has 10 heteroatoms. The minimum Gasteiger partial charge on any atom is -0.467 e. The number of nitrogens with zero attached hydrogens (tertiary/aromatic N) is 3. The topological polar surface area (TPSA) is 99.2 Å². The van der Waals surface area contributed by atoms with Gasteiger partial charge in [0, 0.05) is 22.6 Å². The van der Waals surface area contributed by atoms with E-state index in [0.29, 0.717) is 22.8 Å². The Labute approximate surface area is 199 Å². The lowest BCUT2D eigenvalue weighted by Gasteiger charge is -2.10. The molecule has 0 fully saturated rings. The standard InChI is InChI=1S/C23H22N4O4S2/c1-14-11-19(15(2)27(14)17-8-6-16(7-9-17)21(29)30-3)20(28)13-32-23-26-25-22(33-23)24-12-18-5-4-10-31-18/h4-11H,12-13H2,1-3H3,(H,24,25). The third-order valence-electron chi connectivity index (χ3n) is 5.01. The zero-order valence-corrected chi connectivity index (χ0v) is 20.0. The summed E-state index contributed by atoms with van der Waals surface area (Å²) in [6, 6.07) is 12.7. The van der Waals surface area contributed by atoms with E-state index >= 15 is 0 Å². The molecule has 4 aromatic rings. The fourth-order valence-electron chi connectivity index (χ4n) is 3.43. The zero-order chi connectivity index (χ0) is 23.4. The van der Waals surface area contributed by atoms with E-state index in [0.717, 1.165) is 27.2 Å². The van der Waals surface area contributed by atoms with E-state index in [2.05, 4.69) is 15.5 Å². The third-order valence-corrected chi connectivity index (χ3v) is 7.02. The lowest BCUT2D eigenvalue weighted by Crippen LogP contribution is -2.06. The lowest BCUT2D eigenvalue weighted by atomic mass is 10.2. The molecule has 0 atom stereocenters. The van der Waals surface area contributed by atoms with Gasteiger partial charge in [-0.3, -0.25) is 4.79 Å². The first-order valence-corrected chi connectivity index (χ1v) is 11.9. The Morgan fingerprint density at radius 3 is 2.67 bits per heavy atom. The highest BCUT2D eigenvalue weighted by Crippen LogP contribution is 2.28. The van der Waals surface area contributed by atoms with Crippen molar-refractivity contribution >= 4 is 40.0 Å². The molecule has 0 aliphatic heterocycles. The van der Waals surface area contributed by atoms with Crippen molar-refractivity contribution in [2.45, 2.75) is 24.7 Å². The van der Waals surface area contributed by atoms with E-state index in [1.807, 2.05) is 48.7 Å². The van der Waals surface area contributed by atoms with Crippen LogP contribution in [-0.4, -0.2) is 39.4 Å². The lowest BCUT2D eigenvalue weighted by molar-refractivity contribution is 0.0600. The van der Waals surface area contributed by atoms with Gasteiger partial charge in [-0.15, -0.1) is 10.2 Å². The third kappa shape index (κ3) is 5.18. The molecule has 1 N–H and O–H groups in total. The van der Waals surface area contributed by atoms with Crippen molar-refractivity contribution in [2.24, 2.45) is 0 Å². The second-order valence-corrected chi connectivity index (χ2v) is 9.38. The van der Waals surface area contributed by atoms with Crippen molar-refractivity contribution in [3.05, 3.63) is 77.0 Å². The zero-order valence-electron chi connectivity index (χ0n) is 18.3. The van der Waals surface area contributed by atoms with E-state index in [4.69, 9.17) is 9.15 Å². The van der Waals surface area contributed by atoms with Crippen molar-refractivity contribution in [1.82, 2.24) is 14.8 Å². The number of carbonyl (C=O) groups excluding carboxylic acids is 2. The summed E-state index contributed by atoms with van der Waals surface area (Å²) >= 11 is 2.77. The monoisotopic (exact) mass is 482 g/mol. The molecule has 0 radical (unpaired) electrons. The number of rotatable bonds is 9. The van der Waals surface area contributed by atoms with Crippen molar-refractivity contribution in [3.8, 4) is 5.69 Å². The Bertz CT molecular complexity index is 1260. The summed E-state index contributed by atoms with van der Waals surface area (Å²) in [7, 11) is 1.35. The number of anilines is 1. The van der Waals surface area contributed by atoms with Crippen LogP contribution in [0.25, 0.3) is 5.69 Å². The second kappa shape index (κ2) is 10.1. The van der Waals surface area contributed by atoms with Crippen molar-refractivity contribution in [3.63, 3.8) is 0 Å². The quantitative estimate of drug-likeness (QED) is 0.204. The maximum absolute atomic E-state index is 12.9. The number of aromatic nitrogens is 3. The summed E-state index contributed by atoms with van der Waals surface area (Å²) < 4.78 is 12.8. The SMILES string of the molecule is COC(=O)c1ccc(-n2c(C)cc(C(=O)CSc3nnc(NCc4ccco4)s3)c2C)cc1. The molecule has 0 saturated carbocycles. The fraction of sp³-hybridized carbons (Fsp3) is 0.217. The number of hydrogen-bond donors (Lipinski definition) is 1. The first-order chi connectivity index (χ1) is 16.0. The molecular weight excluding hydrogens is 460 g/mol. The number of Topliss-reactive ketones (excluding diaryl/α,β-unsaturated/α-hetero) is 1. The van der Waals surface area contributed by atoms with E-state index in [-0.39, 0.29) is 17.5 Å². The van der Waals surface area contributed by atoms with Gasteiger partial charge in [-0.05, 0) is 56.3 Å². The maximum atomic E-state index is 12.9. The van der Waals surface area contributed by atoms with Gasteiger partial charge in [0.15, 0.2) is 10.1 Å². The largest absolute Gasteiger partial charge is 0.467 e. The van der Waals surface area contributed by atoms with Crippen LogP contribution in [0.4, 0.5) is 5.13 Å². The van der Waals surface area contributed by atoms with E-state index in [1.165, 1.54) is 30.2 Å². The van der Waals surface area contributed by atoms with Crippen LogP contribution < -0.4 is 5.32 Å². The second-order valence-electron chi connectivity index (χ2n) is 7.18. The van der Waals surface area contributed by atoms with Crippen molar-refractivity contribution in [2.75, 3.05) is 18.2 Å². The number of benzene rings is 1. The molecule has 4 rings (SSSR count). The number of aryl methyl sites for hydroxylation is 1. The first kappa shape index (κ1) is 22.8. The number of thioether (sulfide) groups is 1. The molecular formula is C23H22N4O4S2. The van der Waals surface area contributed by atoms with Crippen LogP contribution in [-0.2, 0) is 11.3 Å². The number of ether oxygens (including phenoxy) is 1. The number of ketones is 1. The van der Waals surface area contributed by atoms with Crippen LogP contribution in [0.2, 0.25) is 0 Å². The molecule has 0 bridgehead atoms. The Morgan fingerprint density at radius 1 is 1.18 bits per heavy atom. The minimum atomic E-state index is -0.383. The number of nitrogens with one attached hydrogen (secondary N) is 1. The average Bonchev–Trinajstić information content (AvgIpc) is 3.57. The molecule has 3 aromatic heterocycles. The molecule has 3 heterocycles. The van der Waals surface area contributed by atoms with Gasteiger partial charge in [0.2, 0.25) is 5.13 Å². The summed E-state index contributed by atoms with van der Waals surface area (Å²) in [5.74, 6) is 0.709. The van der Waals surface area contributed by atoms with E-state index in [1.54, 1.807) is 18.4 Å². The normalized spacial score (nSPS) is 10.9. The molecule has 0 unspecified atom stereocenters. The van der Waals surface area contributed by atoms with Crippen LogP contribution in [0, 0.1) is 13.8 Å². The fourth-order valence-corrected chi connectivity index (χ4v) is 5.06. The van der Waals surface area contributed by atoms with Gasteiger partial charge in [0.25, 0.3) is 0 Å².